The lowest BCUT2D eigenvalue weighted by Gasteiger charge is -1.93. The molecule has 0 bridgehead atoms. The average Bonchev–Trinajstić information content (AvgIpc) is 3.42. The van der Waals surface area contributed by atoms with Gasteiger partial charge in [-0.15, -0.1) is 0 Å². The molecule has 0 aliphatic carbocycles. The summed E-state index contributed by atoms with van der Waals surface area (Å²) in [6, 6.07) is 22.6. The van der Waals surface area contributed by atoms with Crippen LogP contribution in [0, 0.1) is 0 Å². The maximum atomic E-state index is 11.0. The quantitative estimate of drug-likeness (QED) is 0.360. The number of rotatable bonds is 0. The second kappa shape index (κ2) is 8.58. The van der Waals surface area contributed by atoms with Gasteiger partial charge in [0.05, 0.1) is 23.0 Å². The molecule has 0 radical (unpaired) electrons. The lowest BCUT2D eigenvalue weighted by Crippen LogP contribution is -2.11. The molecule has 0 saturated heterocycles. The first kappa shape index (κ1) is 20.0. The highest BCUT2D eigenvalue weighted by Gasteiger charge is 2.15. The molecule has 0 unspecified atom stereocenters. The lowest BCUT2D eigenvalue weighted by molar-refractivity contribution is -0.115. The number of aryl methyl sites for hydroxylation is 1. The minimum atomic E-state index is -0.402. The molecule has 2 aromatic heterocycles. The number of aromatic nitrogens is 3. The zero-order valence-corrected chi connectivity index (χ0v) is 16.7. The SMILES string of the molecule is Cn1c(=O)[nH]c2ccccc21.O=C1Cc2ccccc2N1.O=c1[nH]c2ccccc2o1. The topological polar surface area (TPSA) is 113 Å². The van der Waals surface area contributed by atoms with Crippen molar-refractivity contribution in [2.75, 3.05) is 5.32 Å². The van der Waals surface area contributed by atoms with Crippen molar-refractivity contribution >= 4 is 33.7 Å². The summed E-state index contributed by atoms with van der Waals surface area (Å²) in [6.45, 7) is 0. The molecule has 0 atom stereocenters. The molecule has 0 fully saturated rings. The van der Waals surface area contributed by atoms with Gasteiger partial charge in [0.25, 0.3) is 0 Å². The first-order valence-corrected chi connectivity index (χ1v) is 9.60. The molecule has 6 rings (SSSR count). The number of carbonyl (C=O) groups excluding carboxylic acids is 1. The second-order valence-corrected chi connectivity index (χ2v) is 6.90. The number of aromatic amines is 2. The van der Waals surface area contributed by atoms with Crippen LogP contribution in [0.2, 0.25) is 0 Å². The van der Waals surface area contributed by atoms with Gasteiger partial charge in [0.15, 0.2) is 5.58 Å². The van der Waals surface area contributed by atoms with E-state index in [0.717, 1.165) is 27.8 Å². The molecule has 8 heteroatoms. The van der Waals surface area contributed by atoms with Crippen LogP contribution in [0.4, 0.5) is 5.69 Å². The smallest absolute Gasteiger partial charge is 0.408 e. The van der Waals surface area contributed by atoms with Crippen LogP contribution < -0.4 is 16.8 Å². The number of fused-ring (bicyclic) bond motifs is 3. The van der Waals surface area contributed by atoms with E-state index in [4.69, 9.17) is 4.42 Å². The molecule has 3 aromatic carbocycles. The molecule has 0 spiro atoms. The normalized spacial score (nSPS) is 11.8. The Morgan fingerprint density at radius 3 is 2.23 bits per heavy atom. The van der Waals surface area contributed by atoms with Gasteiger partial charge in [-0.25, -0.2) is 9.59 Å². The molecular formula is C23H20N4O4. The van der Waals surface area contributed by atoms with Gasteiger partial charge in [-0.2, -0.15) is 0 Å². The number of anilines is 1. The van der Waals surface area contributed by atoms with Gasteiger partial charge in [-0.05, 0) is 35.9 Å². The maximum absolute atomic E-state index is 11.0. The standard InChI is InChI=1S/C8H8N2O.C8H7NO.C7H5NO2/c1-10-7-5-3-2-4-6(7)9-8(10)11;10-8-5-6-3-1-2-4-7(6)9-8;9-7-8-5-3-1-2-4-6(5)10-7/h2-5H,1H3,(H,9,11);1-4H,5H2,(H,9,10);1-4H,(H,8,9). The lowest BCUT2D eigenvalue weighted by atomic mass is 10.2. The van der Waals surface area contributed by atoms with E-state index >= 15 is 0 Å². The molecule has 31 heavy (non-hydrogen) atoms. The Kier molecular flexibility index (Phi) is 5.53. The number of para-hydroxylation sites is 5. The predicted molar refractivity (Wildman–Crippen MR) is 119 cm³/mol. The second-order valence-electron chi connectivity index (χ2n) is 6.90. The number of imidazole rings is 1. The van der Waals surface area contributed by atoms with Crippen molar-refractivity contribution in [3.05, 3.63) is 99.4 Å². The largest absolute Gasteiger partial charge is 0.417 e. The number of hydrogen-bond donors (Lipinski definition) is 3. The van der Waals surface area contributed by atoms with E-state index in [2.05, 4.69) is 15.3 Å². The summed E-state index contributed by atoms with van der Waals surface area (Å²) < 4.78 is 6.35. The number of hydrogen-bond acceptors (Lipinski definition) is 4. The van der Waals surface area contributed by atoms with E-state index in [0.29, 0.717) is 12.0 Å². The van der Waals surface area contributed by atoms with E-state index in [-0.39, 0.29) is 11.6 Å². The van der Waals surface area contributed by atoms with Crippen molar-refractivity contribution < 1.29 is 9.21 Å². The molecule has 8 nitrogen and oxygen atoms in total. The molecule has 3 heterocycles. The van der Waals surface area contributed by atoms with Crippen LogP contribution in [0.1, 0.15) is 5.56 Å². The van der Waals surface area contributed by atoms with E-state index in [1.54, 1.807) is 23.7 Å². The fourth-order valence-electron chi connectivity index (χ4n) is 3.24. The van der Waals surface area contributed by atoms with Crippen LogP contribution in [0.15, 0.2) is 86.8 Å². The minimum Gasteiger partial charge on any atom is -0.408 e. The summed E-state index contributed by atoms with van der Waals surface area (Å²) in [7, 11) is 1.75. The van der Waals surface area contributed by atoms with Gasteiger partial charge in [0.2, 0.25) is 5.91 Å². The fraction of sp³-hybridized carbons (Fsp3) is 0.0870. The molecule has 1 aliphatic heterocycles. The third-order valence-electron chi connectivity index (χ3n) is 4.78. The summed E-state index contributed by atoms with van der Waals surface area (Å²) in [4.78, 5) is 37.7. The summed E-state index contributed by atoms with van der Waals surface area (Å²) in [5.74, 6) is -0.303. The van der Waals surface area contributed by atoms with Crippen LogP contribution in [0.25, 0.3) is 22.1 Å². The highest BCUT2D eigenvalue weighted by molar-refractivity contribution is 5.98. The maximum Gasteiger partial charge on any atom is 0.417 e. The van der Waals surface area contributed by atoms with Crippen molar-refractivity contribution in [2.45, 2.75) is 6.42 Å². The van der Waals surface area contributed by atoms with Gasteiger partial charge in [-0.3, -0.25) is 14.3 Å². The van der Waals surface area contributed by atoms with Gasteiger partial charge in [0.1, 0.15) is 0 Å². The Balaban J connectivity index is 0.000000112. The minimum absolute atomic E-state index is 0.0637. The summed E-state index contributed by atoms with van der Waals surface area (Å²) in [5.41, 5.74) is 5.18. The van der Waals surface area contributed by atoms with Gasteiger partial charge >= 0.3 is 11.4 Å². The third kappa shape index (κ3) is 4.48. The van der Waals surface area contributed by atoms with Crippen molar-refractivity contribution in [2.24, 2.45) is 7.05 Å². The van der Waals surface area contributed by atoms with Crippen LogP contribution in [-0.2, 0) is 18.3 Å². The highest BCUT2D eigenvalue weighted by Crippen LogP contribution is 2.21. The Hall–Kier alpha value is -4.33. The number of nitrogens with zero attached hydrogens (tertiary/aromatic N) is 1. The number of amides is 1. The van der Waals surface area contributed by atoms with Crippen LogP contribution in [0.5, 0.6) is 0 Å². The first-order chi connectivity index (χ1) is 15.0. The van der Waals surface area contributed by atoms with Crippen LogP contribution in [-0.4, -0.2) is 20.4 Å². The summed E-state index contributed by atoms with van der Waals surface area (Å²) in [5, 5.41) is 2.76. The molecule has 0 saturated carbocycles. The first-order valence-electron chi connectivity index (χ1n) is 9.60. The van der Waals surface area contributed by atoms with Crippen LogP contribution >= 0.6 is 0 Å². The molecule has 156 valence electrons. The monoisotopic (exact) mass is 416 g/mol. The van der Waals surface area contributed by atoms with Gasteiger partial charge in [0, 0.05) is 12.7 Å². The Bertz CT molecular complexity index is 1410. The van der Waals surface area contributed by atoms with Crippen LogP contribution in [0.3, 0.4) is 0 Å². The Morgan fingerprint density at radius 1 is 0.806 bits per heavy atom. The number of oxazole rings is 1. The van der Waals surface area contributed by atoms with Crippen molar-refractivity contribution in [1.29, 1.82) is 0 Å². The molecule has 5 aromatic rings. The Labute approximate surface area is 176 Å². The number of H-pyrrole nitrogens is 2. The summed E-state index contributed by atoms with van der Waals surface area (Å²) in [6.07, 6.45) is 0.538. The van der Waals surface area contributed by atoms with Crippen molar-refractivity contribution in [3.8, 4) is 0 Å². The van der Waals surface area contributed by atoms with Crippen molar-refractivity contribution in [3.63, 3.8) is 0 Å². The van der Waals surface area contributed by atoms with Gasteiger partial charge in [-0.1, -0.05) is 42.5 Å². The van der Waals surface area contributed by atoms with E-state index in [1.165, 1.54) is 0 Å². The summed E-state index contributed by atoms with van der Waals surface area (Å²) >= 11 is 0. The highest BCUT2D eigenvalue weighted by atomic mass is 16.4. The Morgan fingerprint density at radius 2 is 1.48 bits per heavy atom. The third-order valence-corrected chi connectivity index (χ3v) is 4.78. The molecular weight excluding hydrogens is 396 g/mol. The average molecular weight is 416 g/mol. The number of benzene rings is 3. The molecule has 1 amide bonds. The van der Waals surface area contributed by atoms with E-state index in [9.17, 15) is 14.4 Å². The fourth-order valence-corrected chi connectivity index (χ4v) is 3.24. The molecule has 1 aliphatic rings. The predicted octanol–water partition coefficient (Wildman–Crippen LogP) is 3.17. The van der Waals surface area contributed by atoms with E-state index in [1.807, 2.05) is 60.7 Å². The zero-order valence-electron chi connectivity index (χ0n) is 16.7. The van der Waals surface area contributed by atoms with Crippen molar-refractivity contribution in [1.82, 2.24) is 14.5 Å². The molecule has 3 N–H and O–H groups in total. The zero-order chi connectivity index (χ0) is 21.8. The van der Waals surface area contributed by atoms with Gasteiger partial charge < -0.3 is 14.7 Å². The number of nitrogens with one attached hydrogen (secondary N) is 3. The number of carbonyl (C=O) groups is 1. The van der Waals surface area contributed by atoms with E-state index < -0.39 is 5.76 Å².